The molecule has 1 fully saturated rings. The topological polar surface area (TPSA) is 99.0 Å². The van der Waals surface area contributed by atoms with E-state index in [1.54, 1.807) is 19.1 Å². The minimum atomic E-state index is -0.366. The van der Waals surface area contributed by atoms with E-state index in [1.807, 2.05) is 16.8 Å². The Balaban J connectivity index is 1.57. The Morgan fingerprint density at radius 3 is 2.67 bits per heavy atom. The maximum Gasteiger partial charge on any atom is 0.306 e. The first-order chi connectivity index (χ1) is 11.7. The van der Waals surface area contributed by atoms with E-state index in [9.17, 15) is 9.59 Å². The van der Waals surface area contributed by atoms with Crippen LogP contribution in [0, 0.1) is 0 Å². The lowest BCUT2D eigenvalue weighted by Crippen LogP contribution is -2.14. The average Bonchev–Trinajstić information content (AvgIpc) is 3.31. The van der Waals surface area contributed by atoms with Gasteiger partial charge in [-0.15, -0.1) is 5.10 Å². The van der Waals surface area contributed by atoms with Gasteiger partial charge in [-0.2, -0.15) is 0 Å². The first kappa shape index (κ1) is 16.1. The molecule has 24 heavy (non-hydrogen) atoms. The number of carbonyl (C=O) groups excluding carboxylic acids is 2. The lowest BCUT2D eigenvalue weighted by Gasteiger charge is -2.07. The van der Waals surface area contributed by atoms with Crippen LogP contribution in [0.4, 0.5) is 5.69 Å². The molecule has 1 N–H and O–H groups in total. The summed E-state index contributed by atoms with van der Waals surface area (Å²) in [7, 11) is 0. The average molecular weight is 329 g/mol. The van der Waals surface area contributed by atoms with Gasteiger partial charge in [0.05, 0.1) is 19.1 Å². The highest BCUT2D eigenvalue weighted by atomic mass is 16.5. The molecule has 1 heterocycles. The van der Waals surface area contributed by atoms with Crippen molar-refractivity contribution in [3.63, 3.8) is 0 Å². The number of nitrogens with one attached hydrogen (secondary N) is 1. The molecular formula is C16H19N5O3. The van der Waals surface area contributed by atoms with Crippen LogP contribution in [0.1, 0.15) is 38.6 Å². The van der Waals surface area contributed by atoms with Crippen molar-refractivity contribution < 1.29 is 14.3 Å². The van der Waals surface area contributed by atoms with Crippen LogP contribution in [0.2, 0.25) is 0 Å². The molecule has 1 saturated carbocycles. The predicted molar refractivity (Wildman–Crippen MR) is 86.0 cm³/mol. The molecule has 0 aliphatic heterocycles. The Kier molecular flexibility index (Phi) is 4.83. The zero-order valence-electron chi connectivity index (χ0n) is 13.4. The van der Waals surface area contributed by atoms with Crippen molar-refractivity contribution in [2.75, 3.05) is 11.9 Å². The fourth-order valence-electron chi connectivity index (χ4n) is 2.32. The largest absolute Gasteiger partial charge is 0.466 e. The standard InChI is InChI=1S/C16H19N5O3/c1-2-24-15(23)10-9-14(22)17-12-5-3-11(4-6-12)16-18-19-20-21(16)13-7-8-13/h3-6,13H,2,7-10H2,1H3,(H,17,22). The van der Waals surface area contributed by atoms with Gasteiger partial charge in [0, 0.05) is 17.7 Å². The highest BCUT2D eigenvalue weighted by Gasteiger charge is 2.28. The number of benzene rings is 1. The summed E-state index contributed by atoms with van der Waals surface area (Å²) in [5.74, 6) is 0.145. The minimum Gasteiger partial charge on any atom is -0.466 e. The van der Waals surface area contributed by atoms with E-state index in [-0.39, 0.29) is 24.7 Å². The van der Waals surface area contributed by atoms with Gasteiger partial charge in [-0.05, 0) is 54.5 Å². The third kappa shape index (κ3) is 3.95. The summed E-state index contributed by atoms with van der Waals surface area (Å²) >= 11 is 0. The molecule has 0 unspecified atom stereocenters. The van der Waals surface area contributed by atoms with E-state index in [1.165, 1.54) is 0 Å². The molecule has 1 aromatic carbocycles. The van der Waals surface area contributed by atoms with Gasteiger partial charge in [-0.25, -0.2) is 4.68 Å². The van der Waals surface area contributed by atoms with Crippen molar-refractivity contribution in [2.24, 2.45) is 0 Å². The zero-order valence-corrected chi connectivity index (χ0v) is 13.4. The molecule has 0 atom stereocenters. The maximum absolute atomic E-state index is 11.8. The summed E-state index contributed by atoms with van der Waals surface area (Å²) in [4.78, 5) is 23.1. The quantitative estimate of drug-likeness (QED) is 0.780. The second kappa shape index (κ2) is 7.20. The Hall–Kier alpha value is -2.77. The Labute approximate surface area is 139 Å². The van der Waals surface area contributed by atoms with Gasteiger partial charge < -0.3 is 10.1 Å². The van der Waals surface area contributed by atoms with E-state index in [0.29, 0.717) is 18.3 Å². The monoisotopic (exact) mass is 329 g/mol. The van der Waals surface area contributed by atoms with Crippen molar-refractivity contribution in [1.82, 2.24) is 20.2 Å². The molecule has 1 aliphatic rings. The number of anilines is 1. The van der Waals surface area contributed by atoms with Gasteiger partial charge in [0.1, 0.15) is 0 Å². The molecule has 1 amide bonds. The van der Waals surface area contributed by atoms with Crippen LogP contribution in [0.15, 0.2) is 24.3 Å². The molecular weight excluding hydrogens is 310 g/mol. The fourth-order valence-corrected chi connectivity index (χ4v) is 2.32. The molecule has 0 bridgehead atoms. The van der Waals surface area contributed by atoms with Crippen LogP contribution in [-0.4, -0.2) is 38.7 Å². The zero-order chi connectivity index (χ0) is 16.9. The maximum atomic E-state index is 11.8. The van der Waals surface area contributed by atoms with Gasteiger partial charge in [0.15, 0.2) is 5.82 Å². The van der Waals surface area contributed by atoms with E-state index in [0.717, 1.165) is 24.2 Å². The Morgan fingerprint density at radius 2 is 2.00 bits per heavy atom. The number of hydrogen-bond donors (Lipinski definition) is 1. The SMILES string of the molecule is CCOC(=O)CCC(=O)Nc1ccc(-c2nnnn2C2CC2)cc1. The molecule has 2 aromatic rings. The smallest absolute Gasteiger partial charge is 0.306 e. The number of esters is 1. The van der Waals surface area contributed by atoms with Gasteiger partial charge in [-0.3, -0.25) is 9.59 Å². The normalized spacial score (nSPS) is 13.5. The first-order valence-electron chi connectivity index (χ1n) is 8.01. The molecule has 1 aromatic heterocycles. The summed E-state index contributed by atoms with van der Waals surface area (Å²) in [5.41, 5.74) is 1.56. The molecule has 0 radical (unpaired) electrons. The van der Waals surface area contributed by atoms with Crippen molar-refractivity contribution in [2.45, 2.75) is 38.6 Å². The fraction of sp³-hybridized carbons (Fsp3) is 0.438. The summed E-state index contributed by atoms with van der Waals surface area (Å²) in [6.45, 7) is 2.06. The third-order valence-electron chi connectivity index (χ3n) is 3.67. The van der Waals surface area contributed by atoms with Gasteiger partial charge in [0.25, 0.3) is 0 Å². The molecule has 0 saturated heterocycles. The van der Waals surface area contributed by atoms with Crippen LogP contribution in [0.25, 0.3) is 11.4 Å². The molecule has 126 valence electrons. The first-order valence-corrected chi connectivity index (χ1v) is 8.01. The summed E-state index contributed by atoms with van der Waals surface area (Å²) in [6.07, 6.45) is 2.38. The number of aromatic nitrogens is 4. The van der Waals surface area contributed by atoms with E-state index >= 15 is 0 Å². The number of tetrazole rings is 1. The minimum absolute atomic E-state index is 0.0773. The molecule has 8 heteroatoms. The molecule has 1 aliphatic carbocycles. The van der Waals surface area contributed by atoms with E-state index in [4.69, 9.17) is 4.74 Å². The van der Waals surface area contributed by atoms with Crippen molar-refractivity contribution in [3.05, 3.63) is 24.3 Å². The molecule has 8 nitrogen and oxygen atoms in total. The van der Waals surface area contributed by atoms with Crippen LogP contribution < -0.4 is 5.32 Å². The number of amides is 1. The molecule has 3 rings (SSSR count). The van der Waals surface area contributed by atoms with Crippen molar-refractivity contribution >= 4 is 17.6 Å². The highest BCUT2D eigenvalue weighted by molar-refractivity contribution is 5.92. The van der Waals surface area contributed by atoms with Crippen molar-refractivity contribution in [3.8, 4) is 11.4 Å². The predicted octanol–water partition coefficient (Wildman–Crippen LogP) is 1.96. The second-order valence-corrected chi connectivity index (χ2v) is 5.61. The van der Waals surface area contributed by atoms with E-state index in [2.05, 4.69) is 20.8 Å². The van der Waals surface area contributed by atoms with Crippen molar-refractivity contribution in [1.29, 1.82) is 0 Å². The van der Waals surface area contributed by atoms with Gasteiger partial charge in [0.2, 0.25) is 5.91 Å². The van der Waals surface area contributed by atoms with Crippen LogP contribution in [-0.2, 0) is 14.3 Å². The summed E-state index contributed by atoms with van der Waals surface area (Å²) < 4.78 is 6.64. The number of rotatable bonds is 7. The lowest BCUT2D eigenvalue weighted by molar-refractivity contribution is -0.144. The van der Waals surface area contributed by atoms with Gasteiger partial charge >= 0.3 is 5.97 Å². The summed E-state index contributed by atoms with van der Waals surface area (Å²) in [6, 6.07) is 7.72. The van der Waals surface area contributed by atoms with Crippen LogP contribution in [0.5, 0.6) is 0 Å². The second-order valence-electron chi connectivity index (χ2n) is 5.61. The number of nitrogens with zero attached hydrogens (tertiary/aromatic N) is 4. The van der Waals surface area contributed by atoms with Crippen LogP contribution in [0.3, 0.4) is 0 Å². The third-order valence-corrected chi connectivity index (χ3v) is 3.67. The van der Waals surface area contributed by atoms with E-state index < -0.39 is 0 Å². The highest BCUT2D eigenvalue weighted by Crippen LogP contribution is 2.36. The Bertz CT molecular complexity index is 722. The van der Waals surface area contributed by atoms with Crippen LogP contribution >= 0.6 is 0 Å². The summed E-state index contributed by atoms with van der Waals surface area (Å²) in [5, 5.41) is 14.6. The Morgan fingerprint density at radius 1 is 1.25 bits per heavy atom. The van der Waals surface area contributed by atoms with Gasteiger partial charge in [-0.1, -0.05) is 0 Å². The number of carbonyl (C=O) groups is 2. The number of hydrogen-bond acceptors (Lipinski definition) is 6. The molecule has 0 spiro atoms. The lowest BCUT2D eigenvalue weighted by atomic mass is 10.2. The number of ether oxygens (including phenoxy) is 1.